The third-order valence-corrected chi connectivity index (χ3v) is 4.10. The monoisotopic (exact) mass is 269 g/mol. The number of rotatable bonds is 4. The van der Waals surface area contributed by atoms with Crippen LogP contribution in [0.25, 0.3) is 0 Å². The molecule has 1 N–H and O–H groups in total. The van der Waals surface area contributed by atoms with Crippen molar-refractivity contribution in [3.63, 3.8) is 0 Å². The average molecular weight is 269 g/mol. The zero-order valence-electron chi connectivity index (χ0n) is 9.53. The van der Waals surface area contributed by atoms with E-state index in [0.717, 1.165) is 19.8 Å². The summed E-state index contributed by atoms with van der Waals surface area (Å²) < 4.78 is 14.0. The fourth-order valence-electron chi connectivity index (χ4n) is 1.39. The molecule has 6 heteroatoms. The van der Waals surface area contributed by atoms with Crippen molar-refractivity contribution >= 4 is 23.1 Å². The second-order valence-electron chi connectivity index (χ2n) is 3.47. The summed E-state index contributed by atoms with van der Waals surface area (Å²) in [5, 5.41) is 12.0. The topological polar surface area (TPSA) is 37.8 Å². The van der Waals surface area contributed by atoms with Crippen molar-refractivity contribution in [1.82, 2.24) is 15.5 Å². The SMILES string of the molecule is CNCc1cc(F)ccc1Sc1nnc(C)s1. The lowest BCUT2D eigenvalue weighted by Gasteiger charge is -2.06. The summed E-state index contributed by atoms with van der Waals surface area (Å²) in [6.45, 7) is 2.55. The average Bonchev–Trinajstić information content (AvgIpc) is 2.69. The van der Waals surface area contributed by atoms with Crippen LogP contribution in [0, 0.1) is 12.7 Å². The van der Waals surface area contributed by atoms with Crippen LogP contribution in [-0.2, 0) is 6.54 Å². The standard InChI is InChI=1S/C11H12FN3S2/c1-7-14-15-11(16-7)17-10-4-3-9(12)5-8(10)6-13-2/h3-5,13H,6H2,1-2H3. The molecule has 0 saturated carbocycles. The Morgan fingerprint density at radius 1 is 1.41 bits per heavy atom. The Bertz CT molecular complexity index is 513. The first-order chi connectivity index (χ1) is 8.19. The van der Waals surface area contributed by atoms with Gasteiger partial charge in [-0.15, -0.1) is 10.2 Å². The molecule has 2 rings (SSSR count). The molecule has 90 valence electrons. The predicted molar refractivity (Wildman–Crippen MR) is 67.9 cm³/mol. The number of aryl methyl sites for hydroxylation is 1. The Hall–Kier alpha value is -0.980. The summed E-state index contributed by atoms with van der Waals surface area (Å²) in [6, 6.07) is 4.80. The molecule has 0 unspecified atom stereocenters. The van der Waals surface area contributed by atoms with Gasteiger partial charge in [0.1, 0.15) is 10.8 Å². The summed E-state index contributed by atoms with van der Waals surface area (Å²) in [7, 11) is 1.84. The molecule has 0 spiro atoms. The van der Waals surface area contributed by atoms with Gasteiger partial charge in [0, 0.05) is 11.4 Å². The van der Waals surface area contributed by atoms with E-state index in [9.17, 15) is 4.39 Å². The van der Waals surface area contributed by atoms with Crippen LogP contribution in [-0.4, -0.2) is 17.2 Å². The molecule has 0 amide bonds. The molecule has 0 saturated heterocycles. The fraction of sp³-hybridized carbons (Fsp3) is 0.273. The van der Waals surface area contributed by atoms with Crippen LogP contribution in [0.1, 0.15) is 10.6 Å². The van der Waals surface area contributed by atoms with Crippen LogP contribution < -0.4 is 5.32 Å². The van der Waals surface area contributed by atoms with E-state index in [1.807, 2.05) is 14.0 Å². The van der Waals surface area contributed by atoms with Gasteiger partial charge in [-0.3, -0.25) is 0 Å². The van der Waals surface area contributed by atoms with Gasteiger partial charge in [0.05, 0.1) is 0 Å². The molecule has 17 heavy (non-hydrogen) atoms. The van der Waals surface area contributed by atoms with Crippen LogP contribution >= 0.6 is 23.1 Å². The van der Waals surface area contributed by atoms with Crippen molar-refractivity contribution < 1.29 is 4.39 Å². The van der Waals surface area contributed by atoms with Crippen molar-refractivity contribution in [2.75, 3.05) is 7.05 Å². The minimum Gasteiger partial charge on any atom is -0.316 e. The fourth-order valence-corrected chi connectivity index (χ4v) is 3.27. The lowest BCUT2D eigenvalue weighted by Crippen LogP contribution is -2.06. The second-order valence-corrected chi connectivity index (χ2v) is 5.94. The van der Waals surface area contributed by atoms with Crippen LogP contribution in [0.15, 0.2) is 27.4 Å². The van der Waals surface area contributed by atoms with E-state index < -0.39 is 0 Å². The summed E-state index contributed by atoms with van der Waals surface area (Å²) >= 11 is 3.06. The summed E-state index contributed by atoms with van der Waals surface area (Å²) in [6.07, 6.45) is 0. The molecule has 0 aliphatic carbocycles. The Balaban J connectivity index is 2.25. The quantitative estimate of drug-likeness (QED) is 0.926. The van der Waals surface area contributed by atoms with Crippen molar-refractivity contribution in [2.45, 2.75) is 22.7 Å². The minimum absolute atomic E-state index is 0.215. The van der Waals surface area contributed by atoms with Crippen LogP contribution in [0.5, 0.6) is 0 Å². The molecule has 0 aliphatic heterocycles. The molecule has 0 aliphatic rings. The van der Waals surface area contributed by atoms with Crippen molar-refractivity contribution in [3.8, 4) is 0 Å². The second kappa shape index (κ2) is 5.57. The minimum atomic E-state index is -0.215. The van der Waals surface area contributed by atoms with Crippen molar-refractivity contribution in [3.05, 3.63) is 34.6 Å². The Labute approximate surface area is 107 Å². The summed E-state index contributed by atoms with van der Waals surface area (Å²) in [5.41, 5.74) is 0.936. The van der Waals surface area contributed by atoms with E-state index in [1.54, 1.807) is 23.5 Å². The predicted octanol–water partition coefficient (Wildman–Crippen LogP) is 2.86. The van der Waals surface area contributed by atoms with Crippen LogP contribution in [0.2, 0.25) is 0 Å². The highest BCUT2D eigenvalue weighted by Crippen LogP contribution is 2.32. The van der Waals surface area contributed by atoms with E-state index in [2.05, 4.69) is 15.5 Å². The molecule has 1 heterocycles. The van der Waals surface area contributed by atoms with Gasteiger partial charge in [-0.25, -0.2) is 4.39 Å². The van der Waals surface area contributed by atoms with Gasteiger partial charge in [-0.05, 0) is 37.7 Å². The highest BCUT2D eigenvalue weighted by atomic mass is 32.2. The molecule has 1 aromatic carbocycles. The maximum atomic E-state index is 13.2. The molecule has 0 bridgehead atoms. The molecule has 0 fully saturated rings. The number of nitrogens with zero attached hydrogens (tertiary/aromatic N) is 2. The Kier molecular flexibility index (Phi) is 4.09. The lowest BCUT2D eigenvalue weighted by molar-refractivity contribution is 0.621. The molecule has 2 aromatic rings. The number of hydrogen-bond acceptors (Lipinski definition) is 5. The first-order valence-corrected chi connectivity index (χ1v) is 6.73. The van der Waals surface area contributed by atoms with Gasteiger partial charge in [0.25, 0.3) is 0 Å². The van der Waals surface area contributed by atoms with E-state index in [1.165, 1.54) is 17.8 Å². The van der Waals surface area contributed by atoms with Gasteiger partial charge in [-0.2, -0.15) is 0 Å². The molecule has 3 nitrogen and oxygen atoms in total. The smallest absolute Gasteiger partial charge is 0.179 e. The van der Waals surface area contributed by atoms with Crippen molar-refractivity contribution in [1.29, 1.82) is 0 Å². The normalized spacial score (nSPS) is 10.8. The van der Waals surface area contributed by atoms with Crippen LogP contribution in [0.4, 0.5) is 4.39 Å². The summed E-state index contributed by atoms with van der Waals surface area (Å²) in [5.74, 6) is -0.215. The van der Waals surface area contributed by atoms with E-state index in [4.69, 9.17) is 0 Å². The Morgan fingerprint density at radius 2 is 2.24 bits per heavy atom. The lowest BCUT2D eigenvalue weighted by atomic mass is 10.2. The molecule has 0 radical (unpaired) electrons. The van der Waals surface area contributed by atoms with Crippen LogP contribution in [0.3, 0.4) is 0 Å². The van der Waals surface area contributed by atoms with Gasteiger partial charge >= 0.3 is 0 Å². The van der Waals surface area contributed by atoms with Crippen molar-refractivity contribution in [2.24, 2.45) is 0 Å². The molecular formula is C11H12FN3S2. The first-order valence-electron chi connectivity index (χ1n) is 5.10. The zero-order chi connectivity index (χ0) is 12.3. The number of hydrogen-bond donors (Lipinski definition) is 1. The van der Waals surface area contributed by atoms with Gasteiger partial charge in [0.2, 0.25) is 0 Å². The third kappa shape index (κ3) is 3.24. The highest BCUT2D eigenvalue weighted by Gasteiger charge is 2.08. The van der Waals surface area contributed by atoms with Gasteiger partial charge < -0.3 is 5.32 Å². The first kappa shape index (κ1) is 12.5. The highest BCUT2D eigenvalue weighted by molar-refractivity contribution is 8.01. The molecule has 0 atom stereocenters. The number of halogens is 1. The van der Waals surface area contributed by atoms with E-state index in [-0.39, 0.29) is 5.82 Å². The van der Waals surface area contributed by atoms with E-state index >= 15 is 0 Å². The molecular weight excluding hydrogens is 257 g/mol. The maximum Gasteiger partial charge on any atom is 0.179 e. The zero-order valence-corrected chi connectivity index (χ0v) is 11.2. The van der Waals surface area contributed by atoms with Gasteiger partial charge in [-0.1, -0.05) is 23.1 Å². The third-order valence-electron chi connectivity index (χ3n) is 2.09. The molecule has 1 aromatic heterocycles. The maximum absolute atomic E-state index is 13.2. The summed E-state index contributed by atoms with van der Waals surface area (Å²) in [4.78, 5) is 1.01. The number of benzene rings is 1. The van der Waals surface area contributed by atoms with E-state index in [0.29, 0.717) is 6.54 Å². The largest absolute Gasteiger partial charge is 0.316 e. The Morgan fingerprint density at radius 3 is 2.88 bits per heavy atom. The number of nitrogens with one attached hydrogen (secondary N) is 1. The number of aromatic nitrogens is 2. The van der Waals surface area contributed by atoms with Gasteiger partial charge in [0.15, 0.2) is 4.34 Å².